The number of hydrogen-bond donors (Lipinski definition) is 1. The van der Waals surface area contributed by atoms with Gasteiger partial charge in [-0.05, 0) is 24.5 Å². The van der Waals surface area contributed by atoms with Gasteiger partial charge >= 0.3 is 0 Å². The fourth-order valence-electron chi connectivity index (χ4n) is 2.05. The van der Waals surface area contributed by atoms with Gasteiger partial charge in [-0.15, -0.1) is 0 Å². The van der Waals surface area contributed by atoms with E-state index < -0.39 is 16.1 Å². The topological polar surface area (TPSA) is 57.6 Å². The summed E-state index contributed by atoms with van der Waals surface area (Å²) in [6.07, 6.45) is 0.116. The molecule has 2 atom stereocenters. The van der Waals surface area contributed by atoms with Crippen molar-refractivity contribution in [3.05, 3.63) is 30.3 Å². The summed E-state index contributed by atoms with van der Waals surface area (Å²) in [7, 11) is -3.40. The van der Waals surface area contributed by atoms with Gasteiger partial charge in [0.1, 0.15) is 0 Å². The van der Waals surface area contributed by atoms with Crippen molar-refractivity contribution in [3.63, 3.8) is 0 Å². The Bertz CT molecular complexity index is 472. The van der Waals surface area contributed by atoms with E-state index in [1.54, 1.807) is 30.3 Å². The molecule has 0 saturated carbocycles. The highest BCUT2D eigenvalue weighted by Gasteiger charge is 2.32. The predicted octanol–water partition coefficient (Wildman–Crippen LogP) is 1.08. The first-order chi connectivity index (χ1) is 8.01. The Morgan fingerprint density at radius 2 is 1.94 bits per heavy atom. The lowest BCUT2D eigenvalue weighted by Gasteiger charge is -2.33. The highest BCUT2D eigenvalue weighted by atomic mass is 32.2. The number of sulfonamides is 1. The Hall–Kier alpha value is -0.910. The number of rotatable bonds is 2. The van der Waals surface area contributed by atoms with E-state index in [2.05, 4.69) is 0 Å². The van der Waals surface area contributed by atoms with Crippen LogP contribution in [0.2, 0.25) is 0 Å². The van der Waals surface area contributed by atoms with Gasteiger partial charge in [0, 0.05) is 13.1 Å². The summed E-state index contributed by atoms with van der Waals surface area (Å²) in [6, 6.07) is 8.43. The van der Waals surface area contributed by atoms with E-state index in [1.165, 1.54) is 4.31 Å². The van der Waals surface area contributed by atoms with Crippen LogP contribution in [-0.4, -0.2) is 37.0 Å². The molecule has 0 radical (unpaired) electrons. The number of piperidine rings is 1. The van der Waals surface area contributed by atoms with Crippen LogP contribution in [0.4, 0.5) is 0 Å². The first-order valence-corrected chi connectivity index (χ1v) is 7.19. The van der Waals surface area contributed by atoms with Crippen LogP contribution in [0.25, 0.3) is 0 Å². The Kier molecular flexibility index (Phi) is 3.51. The second-order valence-corrected chi connectivity index (χ2v) is 6.45. The van der Waals surface area contributed by atoms with Crippen molar-refractivity contribution < 1.29 is 13.5 Å². The lowest BCUT2D eigenvalue weighted by molar-refractivity contribution is 0.0628. The molecular weight excluding hydrogens is 238 g/mol. The molecule has 2 rings (SSSR count). The van der Waals surface area contributed by atoms with Gasteiger partial charge < -0.3 is 5.11 Å². The molecule has 0 spiro atoms. The number of nitrogens with zero attached hydrogens (tertiary/aromatic N) is 1. The average molecular weight is 255 g/mol. The third-order valence-corrected chi connectivity index (χ3v) is 5.08. The summed E-state index contributed by atoms with van der Waals surface area (Å²) in [5.41, 5.74) is 0. The maximum absolute atomic E-state index is 12.3. The summed E-state index contributed by atoms with van der Waals surface area (Å²) in [5, 5.41) is 9.61. The summed E-state index contributed by atoms with van der Waals surface area (Å²) in [6.45, 7) is 2.65. The molecule has 1 saturated heterocycles. The minimum atomic E-state index is -3.40. The van der Waals surface area contributed by atoms with E-state index in [4.69, 9.17) is 0 Å². The molecule has 1 N–H and O–H groups in total. The van der Waals surface area contributed by atoms with Crippen LogP contribution in [0.5, 0.6) is 0 Å². The maximum Gasteiger partial charge on any atom is 0.243 e. The first kappa shape index (κ1) is 12.5. The summed E-state index contributed by atoms with van der Waals surface area (Å²) < 4.78 is 26.0. The molecular formula is C12H17NO3S. The zero-order valence-electron chi connectivity index (χ0n) is 9.78. The fourth-order valence-corrected chi connectivity index (χ4v) is 3.63. The lowest BCUT2D eigenvalue weighted by atomic mass is 9.99. The van der Waals surface area contributed by atoms with E-state index in [1.807, 2.05) is 6.92 Å². The lowest BCUT2D eigenvalue weighted by Crippen LogP contribution is -2.44. The van der Waals surface area contributed by atoms with Gasteiger partial charge in [-0.25, -0.2) is 8.42 Å². The molecule has 1 aromatic rings. The van der Waals surface area contributed by atoms with Crippen molar-refractivity contribution in [2.24, 2.45) is 5.92 Å². The minimum absolute atomic E-state index is 0.0118. The summed E-state index contributed by atoms with van der Waals surface area (Å²) >= 11 is 0. The van der Waals surface area contributed by atoms with Crippen molar-refractivity contribution in [3.8, 4) is 0 Å². The van der Waals surface area contributed by atoms with Crippen LogP contribution >= 0.6 is 0 Å². The Morgan fingerprint density at radius 1 is 1.29 bits per heavy atom. The molecule has 0 bridgehead atoms. The van der Waals surface area contributed by atoms with Crippen LogP contribution in [0, 0.1) is 5.92 Å². The Balaban J connectivity index is 2.23. The van der Waals surface area contributed by atoms with Crippen LogP contribution in [0.15, 0.2) is 35.2 Å². The van der Waals surface area contributed by atoms with Gasteiger partial charge in [0.05, 0.1) is 11.0 Å². The molecule has 1 heterocycles. The second-order valence-electron chi connectivity index (χ2n) is 4.51. The monoisotopic (exact) mass is 255 g/mol. The van der Waals surface area contributed by atoms with E-state index in [0.29, 0.717) is 24.4 Å². The SMILES string of the molecule is CC1CN(S(=O)(=O)c2ccccc2)CCC1O. The molecule has 0 aliphatic carbocycles. The highest BCUT2D eigenvalue weighted by Crippen LogP contribution is 2.23. The molecule has 1 aromatic carbocycles. The zero-order chi connectivity index (χ0) is 12.5. The largest absolute Gasteiger partial charge is 0.393 e. The number of aliphatic hydroxyl groups is 1. The maximum atomic E-state index is 12.3. The van der Waals surface area contributed by atoms with Crippen LogP contribution < -0.4 is 0 Å². The normalized spacial score (nSPS) is 26.9. The van der Waals surface area contributed by atoms with Crippen molar-refractivity contribution in [1.82, 2.24) is 4.31 Å². The van der Waals surface area contributed by atoms with E-state index in [9.17, 15) is 13.5 Å². The van der Waals surface area contributed by atoms with Crippen LogP contribution in [0.3, 0.4) is 0 Å². The van der Waals surface area contributed by atoms with Gasteiger partial charge in [0.25, 0.3) is 0 Å². The van der Waals surface area contributed by atoms with E-state index in [0.717, 1.165) is 0 Å². The fraction of sp³-hybridized carbons (Fsp3) is 0.500. The third-order valence-electron chi connectivity index (χ3n) is 3.20. The quantitative estimate of drug-likeness (QED) is 0.860. The molecule has 4 nitrogen and oxygen atoms in total. The van der Waals surface area contributed by atoms with Crippen LogP contribution in [-0.2, 0) is 10.0 Å². The van der Waals surface area contributed by atoms with E-state index in [-0.39, 0.29) is 5.92 Å². The zero-order valence-corrected chi connectivity index (χ0v) is 10.6. The average Bonchev–Trinajstić information content (AvgIpc) is 2.33. The highest BCUT2D eigenvalue weighted by molar-refractivity contribution is 7.89. The number of benzene rings is 1. The van der Waals surface area contributed by atoms with Gasteiger partial charge in [0.2, 0.25) is 10.0 Å². The van der Waals surface area contributed by atoms with Gasteiger partial charge in [-0.1, -0.05) is 25.1 Å². The summed E-state index contributed by atoms with van der Waals surface area (Å²) in [4.78, 5) is 0.323. The van der Waals surface area contributed by atoms with Gasteiger partial charge in [-0.3, -0.25) is 0 Å². The van der Waals surface area contributed by atoms with Gasteiger partial charge in [0.15, 0.2) is 0 Å². The molecule has 94 valence electrons. The Morgan fingerprint density at radius 3 is 2.53 bits per heavy atom. The number of hydrogen-bond acceptors (Lipinski definition) is 3. The molecule has 5 heteroatoms. The van der Waals surface area contributed by atoms with Crippen molar-refractivity contribution in [1.29, 1.82) is 0 Å². The molecule has 1 aliphatic rings. The molecule has 17 heavy (non-hydrogen) atoms. The smallest absolute Gasteiger partial charge is 0.243 e. The summed E-state index contributed by atoms with van der Waals surface area (Å²) in [5.74, 6) is -0.0118. The van der Waals surface area contributed by atoms with Gasteiger partial charge in [-0.2, -0.15) is 4.31 Å². The molecule has 0 amide bonds. The van der Waals surface area contributed by atoms with Crippen molar-refractivity contribution in [2.45, 2.75) is 24.3 Å². The predicted molar refractivity (Wildman–Crippen MR) is 65.0 cm³/mol. The van der Waals surface area contributed by atoms with Crippen LogP contribution in [0.1, 0.15) is 13.3 Å². The molecule has 2 unspecified atom stereocenters. The molecule has 0 aromatic heterocycles. The minimum Gasteiger partial charge on any atom is -0.393 e. The van der Waals surface area contributed by atoms with E-state index >= 15 is 0 Å². The first-order valence-electron chi connectivity index (χ1n) is 5.75. The van der Waals surface area contributed by atoms with Crippen molar-refractivity contribution in [2.75, 3.05) is 13.1 Å². The molecule has 1 aliphatic heterocycles. The Labute approximate surface area is 102 Å². The third kappa shape index (κ3) is 2.51. The molecule has 1 fully saturated rings. The standard InChI is InChI=1S/C12H17NO3S/c1-10-9-13(8-7-12(10)14)17(15,16)11-5-3-2-4-6-11/h2-6,10,12,14H,7-9H2,1H3. The number of aliphatic hydroxyl groups excluding tert-OH is 1. The second kappa shape index (κ2) is 4.76. The van der Waals surface area contributed by atoms with Crippen molar-refractivity contribution >= 4 is 10.0 Å².